The Balaban J connectivity index is 2.05. The largest absolute Gasteiger partial charge is 0.466 e. The molecule has 17 heavy (non-hydrogen) atoms. The molecule has 0 aromatic heterocycles. The highest BCUT2D eigenvalue weighted by molar-refractivity contribution is 5.94. The molecule has 6 heteroatoms. The van der Waals surface area contributed by atoms with Crippen molar-refractivity contribution < 1.29 is 19.1 Å². The molecular formula is C11H20N2O4. The zero-order chi connectivity index (χ0) is 12.5. The van der Waals surface area contributed by atoms with Crippen molar-refractivity contribution in [2.75, 3.05) is 46.0 Å². The summed E-state index contributed by atoms with van der Waals surface area (Å²) in [5.74, 6) is -0.756. The van der Waals surface area contributed by atoms with Crippen molar-refractivity contribution in [1.29, 1.82) is 0 Å². The smallest absolute Gasteiger partial charge is 0.315 e. The summed E-state index contributed by atoms with van der Waals surface area (Å²) in [5.41, 5.74) is 0. The standard InChI is InChI=1S/C11H20N2O4/c1-2-17-11(15)9-10(14)12-3-4-13-5-7-16-8-6-13/h2-9H2,1H3,(H,12,14). The van der Waals surface area contributed by atoms with E-state index in [4.69, 9.17) is 4.74 Å². The lowest BCUT2D eigenvalue weighted by molar-refractivity contribution is -0.145. The van der Waals surface area contributed by atoms with Crippen LogP contribution in [0.1, 0.15) is 13.3 Å². The minimum Gasteiger partial charge on any atom is -0.466 e. The quantitative estimate of drug-likeness (QED) is 0.498. The van der Waals surface area contributed by atoms with Gasteiger partial charge >= 0.3 is 5.97 Å². The molecule has 1 saturated heterocycles. The molecule has 1 N–H and O–H groups in total. The van der Waals surface area contributed by atoms with Gasteiger partial charge in [-0.2, -0.15) is 0 Å². The van der Waals surface area contributed by atoms with Gasteiger partial charge in [-0.15, -0.1) is 0 Å². The van der Waals surface area contributed by atoms with Crippen molar-refractivity contribution in [2.45, 2.75) is 13.3 Å². The Morgan fingerprint density at radius 2 is 2.06 bits per heavy atom. The summed E-state index contributed by atoms with van der Waals surface area (Å²) in [7, 11) is 0. The number of nitrogens with zero attached hydrogens (tertiary/aromatic N) is 1. The molecule has 1 heterocycles. The van der Waals surface area contributed by atoms with Crippen LogP contribution >= 0.6 is 0 Å². The summed E-state index contributed by atoms with van der Waals surface area (Å²) in [6.07, 6.45) is -0.197. The molecule has 0 aromatic rings. The van der Waals surface area contributed by atoms with E-state index in [1.165, 1.54) is 0 Å². The predicted molar refractivity (Wildman–Crippen MR) is 61.5 cm³/mol. The Kier molecular flexibility index (Phi) is 6.57. The van der Waals surface area contributed by atoms with Crippen LogP contribution in [0.4, 0.5) is 0 Å². The Morgan fingerprint density at radius 3 is 2.71 bits per heavy atom. The Labute approximate surface area is 101 Å². The molecule has 0 bridgehead atoms. The minimum atomic E-state index is -0.476. The average Bonchev–Trinajstić information content (AvgIpc) is 2.30. The summed E-state index contributed by atoms with van der Waals surface area (Å²) in [6, 6.07) is 0. The van der Waals surface area contributed by atoms with Gasteiger partial charge in [-0.25, -0.2) is 0 Å². The van der Waals surface area contributed by atoms with Crippen LogP contribution in [0.15, 0.2) is 0 Å². The third kappa shape index (κ3) is 6.23. The lowest BCUT2D eigenvalue weighted by Crippen LogP contribution is -2.41. The second kappa shape index (κ2) is 8.03. The number of ether oxygens (including phenoxy) is 2. The maximum atomic E-state index is 11.3. The van der Waals surface area contributed by atoms with E-state index in [1.54, 1.807) is 6.92 Å². The van der Waals surface area contributed by atoms with Crippen molar-refractivity contribution in [3.63, 3.8) is 0 Å². The van der Waals surface area contributed by atoms with Crippen molar-refractivity contribution in [2.24, 2.45) is 0 Å². The zero-order valence-corrected chi connectivity index (χ0v) is 10.2. The van der Waals surface area contributed by atoms with E-state index >= 15 is 0 Å². The van der Waals surface area contributed by atoms with Gasteiger partial charge in [0.15, 0.2) is 0 Å². The van der Waals surface area contributed by atoms with Gasteiger partial charge in [0.1, 0.15) is 6.42 Å². The van der Waals surface area contributed by atoms with E-state index in [1.807, 2.05) is 0 Å². The van der Waals surface area contributed by atoms with Gasteiger partial charge in [-0.05, 0) is 6.92 Å². The second-order valence-corrected chi connectivity index (χ2v) is 3.79. The fourth-order valence-electron chi connectivity index (χ4n) is 1.58. The van der Waals surface area contributed by atoms with Crippen LogP contribution < -0.4 is 5.32 Å². The highest BCUT2D eigenvalue weighted by Crippen LogP contribution is 1.95. The van der Waals surface area contributed by atoms with E-state index < -0.39 is 5.97 Å². The van der Waals surface area contributed by atoms with E-state index in [-0.39, 0.29) is 12.3 Å². The molecule has 0 aliphatic carbocycles. The number of hydrogen-bond donors (Lipinski definition) is 1. The molecule has 1 rings (SSSR count). The van der Waals surface area contributed by atoms with E-state index in [0.717, 1.165) is 32.8 Å². The van der Waals surface area contributed by atoms with E-state index in [9.17, 15) is 9.59 Å². The molecular weight excluding hydrogens is 224 g/mol. The minimum absolute atomic E-state index is 0.197. The first-order valence-corrected chi connectivity index (χ1v) is 5.94. The van der Waals surface area contributed by atoms with Crippen molar-refractivity contribution in [3.05, 3.63) is 0 Å². The predicted octanol–water partition coefficient (Wildman–Crippen LogP) is -0.612. The lowest BCUT2D eigenvalue weighted by atomic mass is 10.4. The highest BCUT2D eigenvalue weighted by Gasteiger charge is 2.12. The molecule has 1 aliphatic heterocycles. The number of carbonyl (C=O) groups is 2. The Bertz CT molecular complexity index is 252. The lowest BCUT2D eigenvalue weighted by Gasteiger charge is -2.26. The number of carbonyl (C=O) groups excluding carboxylic acids is 2. The topological polar surface area (TPSA) is 67.9 Å². The first-order chi connectivity index (χ1) is 8.22. The molecule has 98 valence electrons. The fraction of sp³-hybridized carbons (Fsp3) is 0.818. The monoisotopic (exact) mass is 244 g/mol. The zero-order valence-electron chi connectivity index (χ0n) is 10.2. The first-order valence-electron chi connectivity index (χ1n) is 5.94. The SMILES string of the molecule is CCOC(=O)CC(=O)NCCN1CCOCC1. The first kappa shape index (κ1) is 13.9. The molecule has 0 saturated carbocycles. The van der Waals surface area contributed by atoms with Crippen molar-refractivity contribution >= 4 is 11.9 Å². The van der Waals surface area contributed by atoms with Gasteiger partial charge in [0.2, 0.25) is 5.91 Å². The van der Waals surface area contributed by atoms with Crippen molar-refractivity contribution in [1.82, 2.24) is 10.2 Å². The maximum Gasteiger partial charge on any atom is 0.315 e. The van der Waals surface area contributed by atoms with Gasteiger partial charge in [-0.1, -0.05) is 0 Å². The average molecular weight is 244 g/mol. The summed E-state index contributed by atoms with van der Waals surface area (Å²) in [6.45, 7) is 6.65. The van der Waals surface area contributed by atoms with Gasteiger partial charge in [-0.3, -0.25) is 14.5 Å². The molecule has 1 aliphatic rings. The second-order valence-electron chi connectivity index (χ2n) is 3.79. The molecule has 6 nitrogen and oxygen atoms in total. The summed E-state index contributed by atoms with van der Waals surface area (Å²) in [4.78, 5) is 24.5. The summed E-state index contributed by atoms with van der Waals surface area (Å²) in [5, 5.41) is 2.70. The van der Waals surface area contributed by atoms with Crippen LogP contribution in [-0.2, 0) is 19.1 Å². The molecule has 0 atom stereocenters. The van der Waals surface area contributed by atoms with Crippen LogP contribution in [0.3, 0.4) is 0 Å². The molecule has 1 fully saturated rings. The van der Waals surface area contributed by atoms with E-state index in [0.29, 0.717) is 13.2 Å². The van der Waals surface area contributed by atoms with Gasteiger partial charge in [0.25, 0.3) is 0 Å². The number of amides is 1. The molecule has 0 aromatic carbocycles. The number of hydrogen-bond acceptors (Lipinski definition) is 5. The summed E-state index contributed by atoms with van der Waals surface area (Å²) >= 11 is 0. The molecule has 1 amide bonds. The van der Waals surface area contributed by atoms with Crippen LogP contribution in [0, 0.1) is 0 Å². The van der Waals surface area contributed by atoms with Crippen LogP contribution in [0.5, 0.6) is 0 Å². The number of nitrogens with one attached hydrogen (secondary N) is 1. The normalized spacial score (nSPS) is 16.5. The highest BCUT2D eigenvalue weighted by atomic mass is 16.5. The number of rotatable bonds is 6. The Morgan fingerprint density at radius 1 is 1.35 bits per heavy atom. The van der Waals surface area contributed by atoms with Crippen LogP contribution in [-0.4, -0.2) is 62.8 Å². The van der Waals surface area contributed by atoms with Crippen molar-refractivity contribution in [3.8, 4) is 0 Å². The number of morpholine rings is 1. The fourth-order valence-corrected chi connectivity index (χ4v) is 1.58. The molecule has 0 spiro atoms. The Hall–Kier alpha value is -1.14. The molecule has 0 unspecified atom stereocenters. The van der Waals surface area contributed by atoms with Gasteiger partial charge < -0.3 is 14.8 Å². The van der Waals surface area contributed by atoms with Crippen LogP contribution in [0.2, 0.25) is 0 Å². The maximum absolute atomic E-state index is 11.3. The van der Waals surface area contributed by atoms with Gasteiger partial charge in [0, 0.05) is 26.2 Å². The van der Waals surface area contributed by atoms with E-state index in [2.05, 4.69) is 15.0 Å². The van der Waals surface area contributed by atoms with Crippen LogP contribution in [0.25, 0.3) is 0 Å². The molecule has 0 radical (unpaired) electrons. The number of esters is 1. The third-order valence-electron chi connectivity index (χ3n) is 2.46. The summed E-state index contributed by atoms with van der Waals surface area (Å²) < 4.78 is 9.90. The third-order valence-corrected chi connectivity index (χ3v) is 2.46. The van der Waals surface area contributed by atoms with Gasteiger partial charge in [0.05, 0.1) is 19.8 Å².